The van der Waals surface area contributed by atoms with E-state index in [2.05, 4.69) is 4.99 Å². The standard InChI is InChI=1S/C13H9F2N/c14-11-3-1-10(2-4-11)9-16-13-7-5-12(15)6-8-13/h1-9H/b16-9+. The zero-order valence-electron chi connectivity index (χ0n) is 8.40. The Hall–Kier alpha value is -2.03. The van der Waals surface area contributed by atoms with Crippen LogP contribution in [0.25, 0.3) is 0 Å². The van der Waals surface area contributed by atoms with Gasteiger partial charge < -0.3 is 0 Å². The van der Waals surface area contributed by atoms with Crippen molar-refractivity contribution in [1.29, 1.82) is 0 Å². The van der Waals surface area contributed by atoms with Crippen LogP contribution in [0, 0.1) is 11.6 Å². The molecule has 1 nitrogen and oxygen atoms in total. The molecule has 16 heavy (non-hydrogen) atoms. The zero-order chi connectivity index (χ0) is 11.4. The predicted octanol–water partition coefficient (Wildman–Crippen LogP) is 3.72. The molecule has 2 rings (SSSR count). The summed E-state index contributed by atoms with van der Waals surface area (Å²) in [6, 6.07) is 11.8. The lowest BCUT2D eigenvalue weighted by Gasteiger charge is -1.94. The highest BCUT2D eigenvalue weighted by Crippen LogP contribution is 2.12. The number of rotatable bonds is 2. The summed E-state index contributed by atoms with van der Waals surface area (Å²) in [4.78, 5) is 4.13. The van der Waals surface area contributed by atoms with Crippen molar-refractivity contribution in [1.82, 2.24) is 0 Å². The van der Waals surface area contributed by atoms with Crippen LogP contribution in [0.2, 0.25) is 0 Å². The Bertz CT molecular complexity index is 439. The summed E-state index contributed by atoms with van der Waals surface area (Å²) in [5, 5.41) is 0. The van der Waals surface area contributed by atoms with Gasteiger partial charge in [-0.3, -0.25) is 4.99 Å². The van der Waals surface area contributed by atoms with Gasteiger partial charge in [-0.05, 0) is 42.0 Å². The molecule has 0 heterocycles. The second-order valence-corrected chi connectivity index (χ2v) is 3.29. The van der Waals surface area contributed by atoms with E-state index < -0.39 is 0 Å². The van der Waals surface area contributed by atoms with Gasteiger partial charge in [0.2, 0.25) is 0 Å². The molecule has 2 aromatic carbocycles. The van der Waals surface area contributed by atoms with Gasteiger partial charge in [0.15, 0.2) is 0 Å². The Morgan fingerprint density at radius 2 is 1.25 bits per heavy atom. The minimum Gasteiger partial charge on any atom is -0.256 e. The first-order valence-electron chi connectivity index (χ1n) is 4.79. The van der Waals surface area contributed by atoms with Crippen LogP contribution in [0.4, 0.5) is 14.5 Å². The first-order chi connectivity index (χ1) is 7.74. The van der Waals surface area contributed by atoms with Gasteiger partial charge in [-0.1, -0.05) is 12.1 Å². The smallest absolute Gasteiger partial charge is 0.123 e. The fourth-order valence-corrected chi connectivity index (χ4v) is 1.23. The Kier molecular flexibility index (Phi) is 3.05. The van der Waals surface area contributed by atoms with Crippen LogP contribution in [0.1, 0.15) is 5.56 Å². The van der Waals surface area contributed by atoms with Gasteiger partial charge in [0.25, 0.3) is 0 Å². The van der Waals surface area contributed by atoms with E-state index in [1.807, 2.05) is 0 Å². The summed E-state index contributed by atoms with van der Waals surface area (Å²) in [5.74, 6) is -0.570. The highest BCUT2D eigenvalue weighted by Gasteiger charge is 1.91. The van der Waals surface area contributed by atoms with E-state index in [0.29, 0.717) is 5.69 Å². The number of benzene rings is 2. The molecule has 0 bridgehead atoms. The summed E-state index contributed by atoms with van der Waals surface area (Å²) in [6.45, 7) is 0. The molecule has 0 aliphatic carbocycles. The summed E-state index contributed by atoms with van der Waals surface area (Å²) in [5.41, 5.74) is 1.46. The van der Waals surface area contributed by atoms with Gasteiger partial charge in [-0.2, -0.15) is 0 Å². The van der Waals surface area contributed by atoms with Gasteiger partial charge >= 0.3 is 0 Å². The third-order valence-electron chi connectivity index (χ3n) is 2.06. The molecule has 0 radical (unpaired) electrons. The van der Waals surface area contributed by atoms with Gasteiger partial charge in [0.05, 0.1) is 5.69 Å². The van der Waals surface area contributed by atoms with Crippen molar-refractivity contribution in [2.75, 3.05) is 0 Å². The van der Waals surface area contributed by atoms with Gasteiger partial charge in [0.1, 0.15) is 11.6 Å². The topological polar surface area (TPSA) is 12.4 Å². The van der Waals surface area contributed by atoms with Gasteiger partial charge in [0, 0.05) is 6.21 Å². The van der Waals surface area contributed by atoms with E-state index in [1.165, 1.54) is 24.3 Å². The van der Waals surface area contributed by atoms with Crippen LogP contribution < -0.4 is 0 Å². The lowest BCUT2D eigenvalue weighted by molar-refractivity contribution is 0.627. The van der Waals surface area contributed by atoms with Crippen LogP contribution in [0.5, 0.6) is 0 Å². The molecule has 0 amide bonds. The summed E-state index contributed by atoms with van der Waals surface area (Å²) in [6.07, 6.45) is 1.60. The maximum atomic E-state index is 12.6. The van der Waals surface area contributed by atoms with E-state index in [-0.39, 0.29) is 11.6 Å². The lowest BCUT2D eigenvalue weighted by atomic mass is 10.2. The number of aliphatic imine (C=N–C) groups is 1. The fraction of sp³-hybridized carbons (Fsp3) is 0. The summed E-state index contributed by atoms with van der Waals surface area (Å²) in [7, 11) is 0. The maximum absolute atomic E-state index is 12.6. The third kappa shape index (κ3) is 2.73. The van der Waals surface area contributed by atoms with Crippen LogP contribution >= 0.6 is 0 Å². The van der Waals surface area contributed by atoms with E-state index in [0.717, 1.165) is 5.56 Å². The van der Waals surface area contributed by atoms with Crippen molar-refractivity contribution in [3.63, 3.8) is 0 Å². The van der Waals surface area contributed by atoms with Crippen molar-refractivity contribution in [3.05, 3.63) is 65.7 Å². The molecular formula is C13H9F2N. The van der Waals surface area contributed by atoms with Gasteiger partial charge in [-0.15, -0.1) is 0 Å². The Balaban J connectivity index is 2.15. The maximum Gasteiger partial charge on any atom is 0.123 e. The second-order valence-electron chi connectivity index (χ2n) is 3.29. The molecule has 0 spiro atoms. The van der Waals surface area contributed by atoms with Crippen molar-refractivity contribution >= 4 is 11.9 Å². The normalized spacial score (nSPS) is 10.9. The minimum absolute atomic E-state index is 0.279. The molecule has 0 fully saturated rings. The first kappa shape index (κ1) is 10.5. The van der Waals surface area contributed by atoms with E-state index in [9.17, 15) is 8.78 Å². The van der Waals surface area contributed by atoms with Crippen LogP contribution in [0.3, 0.4) is 0 Å². The highest BCUT2D eigenvalue weighted by molar-refractivity contribution is 5.81. The predicted molar refractivity (Wildman–Crippen MR) is 60.1 cm³/mol. The SMILES string of the molecule is Fc1ccc(/C=N/c2ccc(F)cc2)cc1. The molecule has 0 aliphatic heterocycles. The molecule has 3 heteroatoms. The van der Waals surface area contributed by atoms with Crippen molar-refractivity contribution < 1.29 is 8.78 Å². The Labute approximate surface area is 92.1 Å². The average molecular weight is 217 g/mol. The quantitative estimate of drug-likeness (QED) is 0.680. The van der Waals surface area contributed by atoms with E-state index in [4.69, 9.17) is 0 Å². The second kappa shape index (κ2) is 4.66. The van der Waals surface area contributed by atoms with Crippen LogP contribution in [-0.4, -0.2) is 6.21 Å². The third-order valence-corrected chi connectivity index (χ3v) is 2.06. The average Bonchev–Trinajstić information content (AvgIpc) is 2.30. The van der Waals surface area contributed by atoms with Crippen molar-refractivity contribution in [3.8, 4) is 0 Å². The number of hydrogen-bond donors (Lipinski definition) is 0. The monoisotopic (exact) mass is 217 g/mol. The number of halogens is 2. The molecule has 0 N–H and O–H groups in total. The fourth-order valence-electron chi connectivity index (χ4n) is 1.23. The number of hydrogen-bond acceptors (Lipinski definition) is 1. The molecule has 0 saturated carbocycles. The molecule has 0 aromatic heterocycles. The van der Waals surface area contributed by atoms with E-state index >= 15 is 0 Å². The summed E-state index contributed by atoms with van der Waals surface area (Å²) >= 11 is 0. The minimum atomic E-state index is -0.291. The molecule has 0 atom stereocenters. The number of nitrogens with zero attached hydrogens (tertiary/aromatic N) is 1. The Morgan fingerprint density at radius 1 is 0.750 bits per heavy atom. The molecule has 0 saturated heterocycles. The van der Waals surface area contributed by atoms with Gasteiger partial charge in [-0.25, -0.2) is 8.78 Å². The van der Waals surface area contributed by atoms with E-state index in [1.54, 1.807) is 30.5 Å². The molecule has 0 aliphatic rings. The lowest BCUT2D eigenvalue weighted by Crippen LogP contribution is -1.81. The first-order valence-corrected chi connectivity index (χ1v) is 4.79. The largest absolute Gasteiger partial charge is 0.256 e. The molecule has 80 valence electrons. The molecular weight excluding hydrogens is 208 g/mol. The van der Waals surface area contributed by atoms with Crippen LogP contribution in [-0.2, 0) is 0 Å². The molecule has 2 aromatic rings. The van der Waals surface area contributed by atoms with Crippen molar-refractivity contribution in [2.45, 2.75) is 0 Å². The van der Waals surface area contributed by atoms with Crippen LogP contribution in [0.15, 0.2) is 53.5 Å². The highest BCUT2D eigenvalue weighted by atomic mass is 19.1. The zero-order valence-corrected chi connectivity index (χ0v) is 8.40. The summed E-state index contributed by atoms with van der Waals surface area (Å²) < 4.78 is 25.2. The van der Waals surface area contributed by atoms with Crippen molar-refractivity contribution in [2.24, 2.45) is 4.99 Å². The molecule has 0 unspecified atom stereocenters. The Morgan fingerprint density at radius 3 is 1.81 bits per heavy atom.